The molecule has 2 rings (SSSR count). The molecule has 0 unspecified atom stereocenters. The Hall–Kier alpha value is -1.34. The SMILES string of the molecule is Fc1ccc(CCl)c(-c2ccccc2)c1. The summed E-state index contributed by atoms with van der Waals surface area (Å²) in [6, 6.07) is 14.4. The first-order chi connectivity index (χ1) is 7.31. The minimum Gasteiger partial charge on any atom is -0.207 e. The highest BCUT2D eigenvalue weighted by atomic mass is 35.5. The molecule has 0 spiro atoms. The zero-order chi connectivity index (χ0) is 10.7. The Balaban J connectivity index is 2.56. The molecule has 0 aliphatic heterocycles. The van der Waals surface area contributed by atoms with Gasteiger partial charge in [0.25, 0.3) is 0 Å². The zero-order valence-corrected chi connectivity index (χ0v) is 8.84. The van der Waals surface area contributed by atoms with E-state index in [4.69, 9.17) is 11.6 Å². The van der Waals surface area contributed by atoms with Crippen LogP contribution in [0.1, 0.15) is 5.56 Å². The summed E-state index contributed by atoms with van der Waals surface area (Å²) in [6.45, 7) is 0. The minimum atomic E-state index is -0.234. The van der Waals surface area contributed by atoms with Crippen LogP contribution in [-0.4, -0.2) is 0 Å². The molecule has 2 aromatic carbocycles. The predicted octanol–water partition coefficient (Wildman–Crippen LogP) is 4.23. The molecule has 0 radical (unpaired) electrons. The maximum absolute atomic E-state index is 13.1. The normalized spacial score (nSPS) is 10.3. The van der Waals surface area contributed by atoms with E-state index in [1.54, 1.807) is 6.07 Å². The molecule has 0 N–H and O–H groups in total. The zero-order valence-electron chi connectivity index (χ0n) is 8.08. The number of benzene rings is 2. The maximum Gasteiger partial charge on any atom is 0.123 e. The Labute approximate surface area is 93.3 Å². The monoisotopic (exact) mass is 220 g/mol. The molecule has 0 saturated heterocycles. The fourth-order valence-electron chi connectivity index (χ4n) is 1.55. The molecule has 0 aliphatic rings. The lowest BCUT2D eigenvalue weighted by atomic mass is 10.0. The van der Waals surface area contributed by atoms with Crippen LogP contribution in [0, 0.1) is 5.82 Å². The highest BCUT2D eigenvalue weighted by molar-refractivity contribution is 6.17. The molecule has 15 heavy (non-hydrogen) atoms. The molecule has 0 heterocycles. The van der Waals surface area contributed by atoms with E-state index < -0.39 is 0 Å². The van der Waals surface area contributed by atoms with Crippen molar-refractivity contribution in [3.05, 3.63) is 59.9 Å². The van der Waals surface area contributed by atoms with Crippen LogP contribution in [0.25, 0.3) is 11.1 Å². The van der Waals surface area contributed by atoms with E-state index in [-0.39, 0.29) is 5.82 Å². The molecule has 2 heteroatoms. The molecular weight excluding hydrogens is 211 g/mol. The summed E-state index contributed by atoms with van der Waals surface area (Å²) in [5, 5.41) is 0. The van der Waals surface area contributed by atoms with Gasteiger partial charge < -0.3 is 0 Å². The van der Waals surface area contributed by atoms with Crippen LogP contribution in [-0.2, 0) is 5.88 Å². The number of hydrogen-bond donors (Lipinski definition) is 0. The maximum atomic E-state index is 13.1. The Kier molecular flexibility index (Phi) is 3.02. The standard InChI is InChI=1S/C13H10ClF/c14-9-11-6-7-12(15)8-13(11)10-4-2-1-3-5-10/h1-8H,9H2. The van der Waals surface area contributed by atoms with Gasteiger partial charge in [-0.1, -0.05) is 36.4 Å². The van der Waals surface area contributed by atoms with Crippen molar-refractivity contribution in [2.45, 2.75) is 5.88 Å². The smallest absolute Gasteiger partial charge is 0.123 e. The Morgan fingerprint density at radius 1 is 1.00 bits per heavy atom. The molecule has 0 amide bonds. The second-order valence-corrected chi connectivity index (χ2v) is 3.57. The van der Waals surface area contributed by atoms with E-state index in [9.17, 15) is 4.39 Å². The molecule has 0 nitrogen and oxygen atoms in total. The third-order valence-electron chi connectivity index (χ3n) is 2.30. The van der Waals surface area contributed by atoms with Crippen molar-refractivity contribution in [1.29, 1.82) is 0 Å². The van der Waals surface area contributed by atoms with Crippen molar-refractivity contribution in [2.75, 3.05) is 0 Å². The van der Waals surface area contributed by atoms with Gasteiger partial charge in [-0.05, 0) is 28.8 Å². The van der Waals surface area contributed by atoms with Gasteiger partial charge in [-0.2, -0.15) is 0 Å². The second kappa shape index (κ2) is 4.45. The van der Waals surface area contributed by atoms with E-state index in [1.807, 2.05) is 30.3 Å². The van der Waals surface area contributed by atoms with Gasteiger partial charge in [0.05, 0.1) is 0 Å². The largest absolute Gasteiger partial charge is 0.207 e. The Morgan fingerprint density at radius 3 is 2.40 bits per heavy atom. The molecular formula is C13H10ClF. The summed E-state index contributed by atoms with van der Waals surface area (Å²) in [4.78, 5) is 0. The Morgan fingerprint density at radius 2 is 1.73 bits per heavy atom. The van der Waals surface area contributed by atoms with Crippen LogP contribution in [0.4, 0.5) is 4.39 Å². The molecule has 0 saturated carbocycles. The number of alkyl halides is 1. The first-order valence-corrected chi connectivity index (χ1v) is 5.24. The van der Waals surface area contributed by atoms with Crippen molar-refractivity contribution < 1.29 is 4.39 Å². The summed E-state index contributed by atoms with van der Waals surface area (Å²) in [7, 11) is 0. The highest BCUT2D eigenvalue weighted by Gasteiger charge is 2.04. The molecule has 2 aromatic rings. The van der Waals surface area contributed by atoms with Gasteiger partial charge in [-0.3, -0.25) is 0 Å². The summed E-state index contributed by atoms with van der Waals surface area (Å²) in [5.41, 5.74) is 2.81. The van der Waals surface area contributed by atoms with Crippen LogP contribution in [0.15, 0.2) is 48.5 Å². The summed E-state index contributed by atoms with van der Waals surface area (Å²) in [6.07, 6.45) is 0. The van der Waals surface area contributed by atoms with Gasteiger partial charge in [0, 0.05) is 5.88 Å². The molecule has 0 aliphatic carbocycles. The van der Waals surface area contributed by atoms with E-state index in [1.165, 1.54) is 12.1 Å². The van der Waals surface area contributed by atoms with E-state index in [0.717, 1.165) is 16.7 Å². The molecule has 0 aromatic heterocycles. The van der Waals surface area contributed by atoms with Crippen LogP contribution >= 0.6 is 11.6 Å². The van der Waals surface area contributed by atoms with Crippen LogP contribution < -0.4 is 0 Å². The lowest BCUT2D eigenvalue weighted by Gasteiger charge is -2.07. The van der Waals surface area contributed by atoms with Gasteiger partial charge in [0.2, 0.25) is 0 Å². The van der Waals surface area contributed by atoms with Crippen molar-refractivity contribution >= 4 is 11.6 Å². The molecule has 76 valence electrons. The fourth-order valence-corrected chi connectivity index (χ4v) is 1.78. The number of hydrogen-bond acceptors (Lipinski definition) is 0. The van der Waals surface area contributed by atoms with Crippen molar-refractivity contribution in [1.82, 2.24) is 0 Å². The van der Waals surface area contributed by atoms with Gasteiger partial charge in [-0.25, -0.2) is 4.39 Å². The van der Waals surface area contributed by atoms with Crippen molar-refractivity contribution in [2.24, 2.45) is 0 Å². The van der Waals surface area contributed by atoms with Crippen LogP contribution in [0.3, 0.4) is 0 Å². The molecule has 0 fully saturated rings. The van der Waals surface area contributed by atoms with Crippen molar-refractivity contribution in [3.63, 3.8) is 0 Å². The van der Waals surface area contributed by atoms with Gasteiger partial charge in [0.1, 0.15) is 5.82 Å². The van der Waals surface area contributed by atoms with E-state index in [0.29, 0.717) is 5.88 Å². The van der Waals surface area contributed by atoms with Gasteiger partial charge in [0.15, 0.2) is 0 Å². The summed E-state index contributed by atoms with van der Waals surface area (Å²) in [5.74, 6) is 0.160. The summed E-state index contributed by atoms with van der Waals surface area (Å²) < 4.78 is 13.1. The number of halogens is 2. The fraction of sp³-hybridized carbons (Fsp3) is 0.0769. The van der Waals surface area contributed by atoms with Crippen molar-refractivity contribution in [3.8, 4) is 11.1 Å². The van der Waals surface area contributed by atoms with E-state index >= 15 is 0 Å². The topological polar surface area (TPSA) is 0 Å². The average Bonchev–Trinajstić information content (AvgIpc) is 2.30. The molecule has 0 bridgehead atoms. The second-order valence-electron chi connectivity index (χ2n) is 3.30. The predicted molar refractivity (Wildman–Crippen MR) is 61.4 cm³/mol. The highest BCUT2D eigenvalue weighted by Crippen LogP contribution is 2.25. The third kappa shape index (κ3) is 2.18. The average molecular weight is 221 g/mol. The minimum absolute atomic E-state index is 0.234. The lowest BCUT2D eigenvalue weighted by molar-refractivity contribution is 0.628. The molecule has 0 atom stereocenters. The third-order valence-corrected chi connectivity index (χ3v) is 2.59. The van der Waals surface area contributed by atoms with Gasteiger partial charge in [-0.15, -0.1) is 11.6 Å². The Bertz CT molecular complexity index is 451. The summed E-state index contributed by atoms with van der Waals surface area (Å²) >= 11 is 5.81. The lowest BCUT2D eigenvalue weighted by Crippen LogP contribution is -1.87. The number of rotatable bonds is 2. The first kappa shape index (κ1) is 10.2. The van der Waals surface area contributed by atoms with Crippen LogP contribution in [0.2, 0.25) is 0 Å². The van der Waals surface area contributed by atoms with E-state index in [2.05, 4.69) is 0 Å². The van der Waals surface area contributed by atoms with Gasteiger partial charge >= 0.3 is 0 Å². The quantitative estimate of drug-likeness (QED) is 0.665. The van der Waals surface area contributed by atoms with Crippen LogP contribution in [0.5, 0.6) is 0 Å². The first-order valence-electron chi connectivity index (χ1n) is 4.71.